The molecule has 0 atom stereocenters. The van der Waals surface area contributed by atoms with Crippen molar-refractivity contribution in [1.29, 1.82) is 0 Å². The van der Waals surface area contributed by atoms with Crippen LogP contribution in [-0.4, -0.2) is 24.4 Å². The van der Waals surface area contributed by atoms with Crippen LogP contribution in [0.15, 0.2) is 12.3 Å². The van der Waals surface area contributed by atoms with Crippen LogP contribution in [0.4, 0.5) is 5.82 Å². The Labute approximate surface area is 84.0 Å². The first-order valence-corrected chi connectivity index (χ1v) is 6.29. The quantitative estimate of drug-likeness (QED) is 0.706. The van der Waals surface area contributed by atoms with E-state index in [9.17, 15) is 8.42 Å². The Bertz CT molecular complexity index is 345. The van der Waals surface area contributed by atoms with Crippen molar-refractivity contribution in [2.45, 2.75) is 26.2 Å². The molecule has 0 aliphatic heterocycles. The molecule has 0 fully saturated rings. The third-order valence-corrected chi connectivity index (χ3v) is 3.12. The van der Waals surface area contributed by atoms with Crippen LogP contribution in [0.5, 0.6) is 0 Å². The topological polar surface area (TPSA) is 74.8 Å². The molecular weight excluding hydrogens is 202 g/mol. The summed E-state index contributed by atoms with van der Waals surface area (Å²) in [5.41, 5.74) is 0. The summed E-state index contributed by atoms with van der Waals surface area (Å²) in [5, 5.41) is 6.26. The standard InChI is InChI=1S/C8H15N3O2S/c1-2-3-4-7-14(12,13)11-8-5-6-9-10-8/h5-6H,2-4,7H2,1H3,(H2,9,10,11). The lowest BCUT2D eigenvalue weighted by atomic mass is 10.3. The Balaban J connectivity index is 2.42. The fourth-order valence-electron chi connectivity index (χ4n) is 1.07. The van der Waals surface area contributed by atoms with Crippen LogP contribution in [0, 0.1) is 0 Å². The summed E-state index contributed by atoms with van der Waals surface area (Å²) in [4.78, 5) is 0. The van der Waals surface area contributed by atoms with Gasteiger partial charge in [0.15, 0.2) is 5.82 Å². The van der Waals surface area contributed by atoms with Crippen molar-refractivity contribution in [3.8, 4) is 0 Å². The van der Waals surface area contributed by atoms with Crippen molar-refractivity contribution in [3.63, 3.8) is 0 Å². The molecule has 0 saturated carbocycles. The SMILES string of the molecule is CCCCCS(=O)(=O)Nc1cc[nH]n1. The molecule has 0 radical (unpaired) electrons. The number of nitrogens with zero attached hydrogens (tertiary/aromatic N) is 1. The minimum atomic E-state index is -3.21. The highest BCUT2D eigenvalue weighted by Crippen LogP contribution is 2.05. The molecule has 2 N–H and O–H groups in total. The maximum Gasteiger partial charge on any atom is 0.233 e. The highest BCUT2D eigenvalue weighted by molar-refractivity contribution is 7.92. The molecule has 6 heteroatoms. The highest BCUT2D eigenvalue weighted by atomic mass is 32.2. The monoisotopic (exact) mass is 217 g/mol. The number of anilines is 1. The molecule has 1 rings (SSSR count). The van der Waals surface area contributed by atoms with Crippen LogP contribution in [0.2, 0.25) is 0 Å². The van der Waals surface area contributed by atoms with E-state index in [-0.39, 0.29) is 5.75 Å². The third-order valence-electron chi connectivity index (χ3n) is 1.78. The lowest BCUT2D eigenvalue weighted by Gasteiger charge is -2.03. The van der Waals surface area contributed by atoms with E-state index in [1.165, 1.54) is 0 Å². The predicted molar refractivity (Wildman–Crippen MR) is 55.5 cm³/mol. The van der Waals surface area contributed by atoms with Crippen LogP contribution in [0.3, 0.4) is 0 Å². The normalized spacial score (nSPS) is 11.5. The molecule has 0 unspecified atom stereocenters. The smallest absolute Gasteiger partial charge is 0.233 e. The molecule has 0 spiro atoms. The molecule has 14 heavy (non-hydrogen) atoms. The van der Waals surface area contributed by atoms with Gasteiger partial charge < -0.3 is 0 Å². The molecule has 0 aliphatic carbocycles. The van der Waals surface area contributed by atoms with Crippen LogP contribution < -0.4 is 4.72 Å². The van der Waals surface area contributed by atoms with Gasteiger partial charge in [0, 0.05) is 12.3 Å². The van der Waals surface area contributed by atoms with Crippen molar-refractivity contribution in [2.75, 3.05) is 10.5 Å². The molecule has 5 nitrogen and oxygen atoms in total. The fraction of sp³-hybridized carbons (Fsp3) is 0.625. The van der Waals surface area contributed by atoms with E-state index < -0.39 is 10.0 Å². The highest BCUT2D eigenvalue weighted by Gasteiger charge is 2.10. The maximum atomic E-state index is 11.4. The molecule has 0 bridgehead atoms. The molecule has 1 aromatic rings. The van der Waals surface area contributed by atoms with Crippen molar-refractivity contribution in [1.82, 2.24) is 10.2 Å². The lowest BCUT2D eigenvalue weighted by Crippen LogP contribution is -2.16. The van der Waals surface area contributed by atoms with Gasteiger partial charge in [-0.15, -0.1) is 0 Å². The van der Waals surface area contributed by atoms with E-state index in [4.69, 9.17) is 0 Å². The number of nitrogens with one attached hydrogen (secondary N) is 2. The molecule has 0 amide bonds. The van der Waals surface area contributed by atoms with E-state index >= 15 is 0 Å². The first-order valence-electron chi connectivity index (χ1n) is 4.64. The van der Waals surface area contributed by atoms with Gasteiger partial charge in [0.2, 0.25) is 10.0 Å². The number of rotatable bonds is 6. The largest absolute Gasteiger partial charge is 0.284 e. The zero-order valence-corrected chi connectivity index (χ0v) is 8.97. The van der Waals surface area contributed by atoms with Crippen LogP contribution in [-0.2, 0) is 10.0 Å². The Kier molecular flexibility index (Phi) is 3.94. The predicted octanol–water partition coefficient (Wildman–Crippen LogP) is 1.34. The second-order valence-electron chi connectivity index (χ2n) is 3.09. The van der Waals surface area contributed by atoms with Gasteiger partial charge >= 0.3 is 0 Å². The van der Waals surface area contributed by atoms with Crippen molar-refractivity contribution >= 4 is 15.8 Å². The Hall–Kier alpha value is -1.04. The van der Waals surface area contributed by atoms with Gasteiger partial charge in [-0.25, -0.2) is 8.42 Å². The van der Waals surface area contributed by atoms with Gasteiger partial charge in [-0.1, -0.05) is 19.8 Å². The number of H-pyrrole nitrogens is 1. The number of aromatic amines is 1. The van der Waals surface area contributed by atoms with Crippen molar-refractivity contribution < 1.29 is 8.42 Å². The summed E-state index contributed by atoms with van der Waals surface area (Å²) >= 11 is 0. The second-order valence-corrected chi connectivity index (χ2v) is 4.93. The summed E-state index contributed by atoms with van der Waals surface area (Å²) in [6, 6.07) is 1.58. The molecule has 1 heterocycles. The minimum Gasteiger partial charge on any atom is -0.284 e. The zero-order valence-electron chi connectivity index (χ0n) is 8.16. The number of hydrogen-bond donors (Lipinski definition) is 2. The van der Waals surface area contributed by atoms with Gasteiger partial charge in [-0.2, -0.15) is 5.10 Å². The summed E-state index contributed by atoms with van der Waals surface area (Å²) in [6.07, 6.45) is 4.21. The van der Waals surface area contributed by atoms with Gasteiger partial charge in [0.05, 0.1) is 5.75 Å². The fourth-order valence-corrected chi connectivity index (χ4v) is 2.19. The third kappa shape index (κ3) is 3.78. The van der Waals surface area contributed by atoms with Crippen LogP contribution in [0.1, 0.15) is 26.2 Å². The van der Waals surface area contributed by atoms with Crippen LogP contribution >= 0.6 is 0 Å². The maximum absolute atomic E-state index is 11.4. The first kappa shape index (κ1) is 11.0. The van der Waals surface area contributed by atoms with E-state index in [0.717, 1.165) is 12.8 Å². The van der Waals surface area contributed by atoms with Gasteiger partial charge in [0.1, 0.15) is 0 Å². The Morgan fingerprint density at radius 2 is 2.29 bits per heavy atom. The van der Waals surface area contributed by atoms with E-state index in [2.05, 4.69) is 14.9 Å². The van der Waals surface area contributed by atoms with Crippen molar-refractivity contribution in [2.24, 2.45) is 0 Å². The summed E-state index contributed by atoms with van der Waals surface area (Å²) < 4.78 is 25.2. The van der Waals surface area contributed by atoms with Gasteiger partial charge in [0.25, 0.3) is 0 Å². The molecule has 1 aromatic heterocycles. The van der Waals surface area contributed by atoms with Gasteiger partial charge in [-0.3, -0.25) is 9.82 Å². The summed E-state index contributed by atoms with van der Waals surface area (Å²) in [7, 11) is -3.21. The minimum absolute atomic E-state index is 0.160. The van der Waals surface area contributed by atoms with E-state index in [0.29, 0.717) is 12.2 Å². The lowest BCUT2D eigenvalue weighted by molar-refractivity contribution is 0.596. The molecule has 0 aromatic carbocycles. The first-order chi connectivity index (χ1) is 6.64. The Morgan fingerprint density at radius 3 is 2.86 bits per heavy atom. The number of aromatic nitrogens is 2. The summed E-state index contributed by atoms with van der Waals surface area (Å²) in [5.74, 6) is 0.509. The average Bonchev–Trinajstić information content (AvgIpc) is 2.56. The van der Waals surface area contributed by atoms with Crippen molar-refractivity contribution in [3.05, 3.63) is 12.3 Å². The Morgan fingerprint density at radius 1 is 1.50 bits per heavy atom. The second kappa shape index (κ2) is 4.99. The molecular formula is C8H15N3O2S. The van der Waals surface area contributed by atoms with E-state index in [1.807, 2.05) is 6.92 Å². The average molecular weight is 217 g/mol. The molecule has 0 saturated heterocycles. The number of unbranched alkanes of at least 4 members (excludes halogenated alkanes) is 2. The molecule has 0 aliphatic rings. The van der Waals surface area contributed by atoms with Gasteiger partial charge in [-0.05, 0) is 6.42 Å². The van der Waals surface area contributed by atoms with E-state index in [1.54, 1.807) is 12.3 Å². The molecule has 80 valence electrons. The number of sulfonamides is 1. The van der Waals surface area contributed by atoms with Crippen LogP contribution in [0.25, 0.3) is 0 Å². The summed E-state index contributed by atoms with van der Waals surface area (Å²) in [6.45, 7) is 2.04. The zero-order chi connectivity index (χ0) is 10.4. The number of hydrogen-bond acceptors (Lipinski definition) is 3.